The molecule has 2 unspecified atom stereocenters. The minimum Gasteiger partial charge on any atom is -0.385 e. The van der Waals surface area contributed by atoms with Gasteiger partial charge < -0.3 is 5.11 Å². The van der Waals surface area contributed by atoms with Crippen molar-refractivity contribution in [1.29, 1.82) is 0 Å². The molecule has 1 heteroatoms. The Morgan fingerprint density at radius 1 is 0.750 bits per heavy atom. The fraction of sp³-hybridized carbons (Fsp3) is 0.692. The van der Waals surface area contributed by atoms with Crippen LogP contribution in [0.4, 0.5) is 0 Å². The second kappa shape index (κ2) is 10.9. The van der Waals surface area contributed by atoms with Gasteiger partial charge in [0.1, 0.15) is 0 Å². The Kier molecular flexibility index (Phi) is 7.78. The molecule has 4 fully saturated rings. The Balaban J connectivity index is 1.19. The third kappa shape index (κ3) is 4.81. The lowest BCUT2D eigenvalue weighted by Gasteiger charge is -2.62. The highest BCUT2D eigenvalue weighted by molar-refractivity contribution is 5.68. The van der Waals surface area contributed by atoms with Gasteiger partial charge >= 0.3 is 0 Å². The monoisotopic (exact) mass is 540 g/mol. The van der Waals surface area contributed by atoms with E-state index in [0.29, 0.717) is 16.7 Å². The number of hydrogen-bond acceptors (Lipinski definition) is 1. The molecule has 0 radical (unpaired) electrons. The van der Waals surface area contributed by atoms with Crippen molar-refractivity contribution in [2.45, 2.75) is 117 Å². The third-order valence-corrected chi connectivity index (χ3v) is 13.4. The molecule has 218 valence electrons. The molecule has 0 heterocycles. The lowest BCUT2D eigenvalue weighted by molar-refractivity contribution is -0.154. The first kappa shape index (κ1) is 28.5. The summed E-state index contributed by atoms with van der Waals surface area (Å²) in [7, 11) is 0. The lowest BCUT2D eigenvalue weighted by Crippen LogP contribution is -2.55. The van der Waals surface area contributed by atoms with E-state index in [1.54, 1.807) is 0 Å². The average molecular weight is 541 g/mol. The van der Waals surface area contributed by atoms with Crippen LogP contribution in [0.25, 0.3) is 11.1 Å². The molecular weight excluding hydrogens is 484 g/mol. The third-order valence-electron chi connectivity index (χ3n) is 13.4. The summed E-state index contributed by atoms with van der Waals surface area (Å²) in [5, 5.41) is 12.3. The number of hydrogen-bond donors (Lipinski definition) is 1. The van der Waals surface area contributed by atoms with Gasteiger partial charge in [0.15, 0.2) is 0 Å². The molecule has 1 N–H and O–H groups in total. The molecular formula is C39H56O. The van der Waals surface area contributed by atoms with Crippen LogP contribution in [-0.2, 0) is 5.60 Å². The van der Waals surface area contributed by atoms with Gasteiger partial charge in [0, 0.05) is 0 Å². The van der Waals surface area contributed by atoms with E-state index in [1.165, 1.54) is 75.3 Å². The van der Waals surface area contributed by atoms with Crippen molar-refractivity contribution in [3.8, 4) is 11.1 Å². The van der Waals surface area contributed by atoms with Crippen LogP contribution in [-0.4, -0.2) is 5.11 Å². The van der Waals surface area contributed by atoms with Crippen molar-refractivity contribution >= 4 is 0 Å². The molecule has 4 aliphatic carbocycles. The first-order valence-corrected chi connectivity index (χ1v) is 17.0. The molecule has 40 heavy (non-hydrogen) atoms. The fourth-order valence-corrected chi connectivity index (χ4v) is 11.3. The molecule has 9 atom stereocenters. The van der Waals surface area contributed by atoms with Gasteiger partial charge in [-0.2, -0.15) is 0 Å². The minimum atomic E-state index is -0.712. The summed E-state index contributed by atoms with van der Waals surface area (Å²) < 4.78 is 0. The van der Waals surface area contributed by atoms with Crippen molar-refractivity contribution in [2.75, 3.05) is 0 Å². The zero-order valence-electron chi connectivity index (χ0n) is 26.2. The van der Waals surface area contributed by atoms with Crippen molar-refractivity contribution in [3.63, 3.8) is 0 Å². The van der Waals surface area contributed by atoms with Gasteiger partial charge in [-0.25, -0.2) is 0 Å². The van der Waals surface area contributed by atoms with Gasteiger partial charge in [-0.1, -0.05) is 108 Å². The molecule has 0 bridgehead atoms. The second-order valence-corrected chi connectivity index (χ2v) is 15.8. The molecule has 2 aromatic rings. The lowest BCUT2D eigenvalue weighted by atomic mass is 9.43. The standard InChI is InChI=1S/C39H56O/c1-27(2)12-11-13-28(3)33-20-21-34-32-19-18-30-26-39(40,25-24-37(30,4)35(32)22-23-38(33,34)5)36-17-10-9-16-31(36)29-14-7-6-8-15-29/h6-10,14-17,27-28,30,32-35,40H,11-13,18-26H2,1-5H3/t28-,30?,32+,33-,34+,35+,37+,38-,39?/m1/s1. The average Bonchev–Trinajstić information content (AvgIpc) is 3.31. The normalized spacial score (nSPS) is 39.8. The van der Waals surface area contributed by atoms with Crippen molar-refractivity contribution in [3.05, 3.63) is 60.2 Å². The fourth-order valence-electron chi connectivity index (χ4n) is 11.3. The maximum atomic E-state index is 12.3. The van der Waals surface area contributed by atoms with Crippen LogP contribution in [0.3, 0.4) is 0 Å². The maximum Gasteiger partial charge on any atom is 0.0905 e. The molecule has 4 saturated carbocycles. The van der Waals surface area contributed by atoms with E-state index in [1.807, 2.05) is 0 Å². The zero-order valence-corrected chi connectivity index (χ0v) is 26.2. The Labute approximate surface area is 245 Å². The SMILES string of the molecule is CC(C)CCC[C@@H](C)[C@H]1CC[C@H]2[C@@H]3CCC4CC(O)(c5ccccc5-c5ccccc5)CC[C@]4(C)[C@H]3CC[C@]12C. The van der Waals surface area contributed by atoms with E-state index < -0.39 is 5.60 Å². The quantitative estimate of drug-likeness (QED) is 0.370. The van der Waals surface area contributed by atoms with Crippen LogP contribution in [0.15, 0.2) is 54.6 Å². The highest BCUT2D eigenvalue weighted by atomic mass is 16.3. The molecule has 0 aliphatic heterocycles. The van der Waals surface area contributed by atoms with Crippen LogP contribution < -0.4 is 0 Å². The van der Waals surface area contributed by atoms with Gasteiger partial charge in [0.2, 0.25) is 0 Å². The van der Waals surface area contributed by atoms with E-state index in [2.05, 4.69) is 89.2 Å². The topological polar surface area (TPSA) is 20.2 Å². The summed E-state index contributed by atoms with van der Waals surface area (Å²) in [6.07, 6.45) is 15.8. The van der Waals surface area contributed by atoms with Crippen LogP contribution in [0.1, 0.15) is 117 Å². The molecule has 0 amide bonds. The van der Waals surface area contributed by atoms with Gasteiger partial charge in [-0.05, 0) is 127 Å². The van der Waals surface area contributed by atoms with Gasteiger partial charge in [0.25, 0.3) is 0 Å². The molecule has 4 aliphatic rings. The summed E-state index contributed by atoms with van der Waals surface area (Å²) in [4.78, 5) is 0. The Bertz CT molecular complexity index is 1150. The summed E-state index contributed by atoms with van der Waals surface area (Å²) in [6, 6.07) is 19.4. The van der Waals surface area contributed by atoms with Gasteiger partial charge in [0.05, 0.1) is 5.60 Å². The van der Waals surface area contributed by atoms with E-state index in [-0.39, 0.29) is 0 Å². The van der Waals surface area contributed by atoms with Crippen LogP contribution in [0.5, 0.6) is 0 Å². The van der Waals surface area contributed by atoms with Gasteiger partial charge in [-0.15, -0.1) is 0 Å². The summed E-state index contributed by atoms with van der Waals surface area (Å²) in [5.74, 6) is 5.98. The largest absolute Gasteiger partial charge is 0.385 e. The van der Waals surface area contributed by atoms with Crippen molar-refractivity contribution < 1.29 is 5.11 Å². The maximum absolute atomic E-state index is 12.3. The van der Waals surface area contributed by atoms with E-state index in [4.69, 9.17) is 0 Å². The highest BCUT2D eigenvalue weighted by Crippen LogP contribution is 2.69. The van der Waals surface area contributed by atoms with E-state index >= 15 is 0 Å². The second-order valence-electron chi connectivity index (χ2n) is 15.8. The predicted octanol–water partition coefficient (Wildman–Crippen LogP) is 10.7. The summed E-state index contributed by atoms with van der Waals surface area (Å²) in [5.41, 5.74) is 3.84. The minimum absolute atomic E-state index is 0.388. The number of aliphatic hydroxyl groups is 1. The summed E-state index contributed by atoms with van der Waals surface area (Å²) in [6.45, 7) is 12.7. The Morgan fingerprint density at radius 3 is 2.25 bits per heavy atom. The van der Waals surface area contributed by atoms with E-state index in [9.17, 15) is 5.11 Å². The first-order chi connectivity index (χ1) is 19.2. The Morgan fingerprint density at radius 2 is 1.48 bits per heavy atom. The molecule has 1 nitrogen and oxygen atoms in total. The highest BCUT2D eigenvalue weighted by Gasteiger charge is 2.61. The predicted molar refractivity (Wildman–Crippen MR) is 169 cm³/mol. The number of benzene rings is 2. The van der Waals surface area contributed by atoms with Crippen LogP contribution in [0, 0.1) is 52.3 Å². The van der Waals surface area contributed by atoms with Crippen molar-refractivity contribution in [1.82, 2.24) is 0 Å². The summed E-state index contributed by atoms with van der Waals surface area (Å²) >= 11 is 0. The number of fused-ring (bicyclic) bond motifs is 5. The Hall–Kier alpha value is -1.60. The molecule has 6 rings (SSSR count). The van der Waals surface area contributed by atoms with E-state index in [0.717, 1.165) is 53.9 Å². The molecule has 0 aromatic heterocycles. The van der Waals surface area contributed by atoms with Crippen LogP contribution in [0.2, 0.25) is 0 Å². The smallest absolute Gasteiger partial charge is 0.0905 e. The molecule has 2 aromatic carbocycles. The van der Waals surface area contributed by atoms with Crippen LogP contribution >= 0.6 is 0 Å². The van der Waals surface area contributed by atoms with Gasteiger partial charge in [-0.3, -0.25) is 0 Å². The zero-order chi connectivity index (χ0) is 28.1. The number of rotatable bonds is 7. The first-order valence-electron chi connectivity index (χ1n) is 17.0. The molecule has 0 saturated heterocycles. The van der Waals surface area contributed by atoms with Crippen molar-refractivity contribution in [2.24, 2.45) is 52.3 Å². The molecule has 0 spiro atoms.